The van der Waals surface area contributed by atoms with E-state index in [1.165, 1.54) is 0 Å². The number of urea groups is 1. The number of benzene rings is 1. The molecule has 0 saturated carbocycles. The minimum atomic E-state index is -0.0265. The maximum absolute atomic E-state index is 11.8. The summed E-state index contributed by atoms with van der Waals surface area (Å²) < 4.78 is 10.9. The highest BCUT2D eigenvalue weighted by Crippen LogP contribution is 2.22. The minimum Gasteiger partial charge on any atom is -0.489 e. The standard InChI is InChI=1S/C16H20N4O3/c1-3-17-16(21)20-9-8-14(10-20)22-13-6-4-12(5-7-13)15-18-11(2)23-19-15/h4-7,14H,3,8-10H2,1-2H3,(H,17,21). The van der Waals surface area contributed by atoms with E-state index in [1.807, 2.05) is 31.2 Å². The molecule has 122 valence electrons. The maximum Gasteiger partial charge on any atom is 0.317 e. The molecule has 1 aliphatic heterocycles. The van der Waals surface area contributed by atoms with Crippen LogP contribution in [0.3, 0.4) is 0 Å². The fourth-order valence-electron chi connectivity index (χ4n) is 2.56. The number of likely N-dealkylation sites (tertiary alicyclic amines) is 1. The highest BCUT2D eigenvalue weighted by atomic mass is 16.5. The van der Waals surface area contributed by atoms with E-state index in [4.69, 9.17) is 9.26 Å². The number of hydrogen-bond acceptors (Lipinski definition) is 5. The molecule has 1 unspecified atom stereocenters. The molecule has 1 N–H and O–H groups in total. The number of aryl methyl sites for hydroxylation is 1. The highest BCUT2D eigenvalue weighted by Gasteiger charge is 2.27. The number of carbonyl (C=O) groups excluding carboxylic acids is 1. The molecule has 0 spiro atoms. The SMILES string of the molecule is CCNC(=O)N1CCC(Oc2ccc(-c3noc(C)n3)cc2)C1. The molecule has 7 nitrogen and oxygen atoms in total. The van der Waals surface area contributed by atoms with Crippen LogP contribution < -0.4 is 10.1 Å². The maximum atomic E-state index is 11.8. The predicted molar refractivity (Wildman–Crippen MR) is 84.1 cm³/mol. The van der Waals surface area contributed by atoms with Gasteiger partial charge in [0.05, 0.1) is 6.54 Å². The Kier molecular flexibility index (Phi) is 4.45. The molecule has 0 radical (unpaired) electrons. The average Bonchev–Trinajstić information content (AvgIpc) is 3.18. The van der Waals surface area contributed by atoms with Gasteiger partial charge in [-0.15, -0.1) is 0 Å². The number of rotatable bonds is 4. The van der Waals surface area contributed by atoms with Crippen molar-refractivity contribution < 1.29 is 14.1 Å². The summed E-state index contributed by atoms with van der Waals surface area (Å²) in [5, 5.41) is 6.70. The van der Waals surface area contributed by atoms with Crippen molar-refractivity contribution in [2.45, 2.75) is 26.4 Å². The second kappa shape index (κ2) is 6.68. The number of carbonyl (C=O) groups is 1. The van der Waals surface area contributed by atoms with Gasteiger partial charge in [0.15, 0.2) is 0 Å². The lowest BCUT2D eigenvalue weighted by molar-refractivity contribution is 0.187. The second-order valence-corrected chi connectivity index (χ2v) is 5.47. The van der Waals surface area contributed by atoms with Crippen LogP contribution in [0.5, 0.6) is 5.75 Å². The van der Waals surface area contributed by atoms with Crippen LogP contribution in [0.4, 0.5) is 4.79 Å². The zero-order valence-electron chi connectivity index (χ0n) is 13.3. The van der Waals surface area contributed by atoms with Crippen LogP contribution in [0.15, 0.2) is 28.8 Å². The molecule has 3 rings (SSSR count). The molecule has 7 heteroatoms. The summed E-state index contributed by atoms with van der Waals surface area (Å²) in [5.74, 6) is 1.88. The summed E-state index contributed by atoms with van der Waals surface area (Å²) in [4.78, 5) is 17.8. The van der Waals surface area contributed by atoms with Crippen molar-refractivity contribution in [3.63, 3.8) is 0 Å². The van der Waals surface area contributed by atoms with Gasteiger partial charge in [0.1, 0.15) is 11.9 Å². The Hall–Kier alpha value is -2.57. The van der Waals surface area contributed by atoms with Crippen LogP contribution in [-0.4, -0.2) is 46.8 Å². The Bertz CT molecular complexity index is 668. The number of nitrogens with one attached hydrogen (secondary N) is 1. The van der Waals surface area contributed by atoms with Gasteiger partial charge in [-0.2, -0.15) is 4.98 Å². The fraction of sp³-hybridized carbons (Fsp3) is 0.438. The summed E-state index contributed by atoms with van der Waals surface area (Å²) in [5.41, 5.74) is 0.879. The molecular formula is C16H20N4O3. The van der Waals surface area contributed by atoms with Crippen molar-refractivity contribution in [3.05, 3.63) is 30.2 Å². The molecule has 1 atom stereocenters. The van der Waals surface area contributed by atoms with E-state index in [9.17, 15) is 4.79 Å². The highest BCUT2D eigenvalue weighted by molar-refractivity contribution is 5.74. The number of ether oxygens (including phenoxy) is 1. The number of amides is 2. The van der Waals surface area contributed by atoms with Gasteiger partial charge in [-0.25, -0.2) is 4.79 Å². The summed E-state index contributed by atoms with van der Waals surface area (Å²) in [7, 11) is 0. The number of aromatic nitrogens is 2. The average molecular weight is 316 g/mol. The molecule has 1 aromatic heterocycles. The lowest BCUT2D eigenvalue weighted by Crippen LogP contribution is -2.39. The first-order valence-electron chi connectivity index (χ1n) is 7.76. The van der Waals surface area contributed by atoms with Gasteiger partial charge in [-0.3, -0.25) is 0 Å². The quantitative estimate of drug-likeness (QED) is 0.935. The largest absolute Gasteiger partial charge is 0.489 e. The summed E-state index contributed by atoms with van der Waals surface area (Å²) in [6.07, 6.45) is 0.860. The van der Waals surface area contributed by atoms with Crippen molar-refractivity contribution in [2.24, 2.45) is 0 Å². The molecule has 2 heterocycles. The van der Waals surface area contributed by atoms with E-state index >= 15 is 0 Å². The van der Waals surface area contributed by atoms with E-state index in [0.29, 0.717) is 24.8 Å². The lowest BCUT2D eigenvalue weighted by Gasteiger charge is -2.17. The molecule has 2 aromatic rings. The normalized spacial score (nSPS) is 17.3. The number of hydrogen-bond donors (Lipinski definition) is 1. The molecule has 23 heavy (non-hydrogen) atoms. The van der Waals surface area contributed by atoms with Crippen molar-refractivity contribution >= 4 is 6.03 Å². The first-order chi connectivity index (χ1) is 11.2. The fourth-order valence-corrected chi connectivity index (χ4v) is 2.56. The second-order valence-electron chi connectivity index (χ2n) is 5.47. The molecular weight excluding hydrogens is 296 g/mol. The third-order valence-electron chi connectivity index (χ3n) is 3.70. The Morgan fingerprint density at radius 1 is 1.43 bits per heavy atom. The Labute approximate surface area is 134 Å². The lowest BCUT2D eigenvalue weighted by atomic mass is 10.2. The first-order valence-corrected chi connectivity index (χ1v) is 7.76. The molecule has 0 bridgehead atoms. The van der Waals surface area contributed by atoms with Gasteiger partial charge in [0, 0.05) is 32.0 Å². The van der Waals surface area contributed by atoms with E-state index in [2.05, 4.69) is 15.5 Å². The van der Waals surface area contributed by atoms with Crippen LogP contribution in [0, 0.1) is 6.92 Å². The van der Waals surface area contributed by atoms with Crippen molar-refractivity contribution in [2.75, 3.05) is 19.6 Å². The molecule has 0 aliphatic carbocycles. The van der Waals surface area contributed by atoms with Crippen molar-refractivity contribution in [3.8, 4) is 17.1 Å². The number of nitrogens with zero attached hydrogens (tertiary/aromatic N) is 3. The monoisotopic (exact) mass is 316 g/mol. The van der Waals surface area contributed by atoms with Gasteiger partial charge in [0.25, 0.3) is 0 Å². The Morgan fingerprint density at radius 3 is 2.87 bits per heavy atom. The van der Waals surface area contributed by atoms with Crippen molar-refractivity contribution in [1.29, 1.82) is 0 Å². The van der Waals surface area contributed by atoms with E-state index in [0.717, 1.165) is 24.3 Å². The molecule has 1 fully saturated rings. The summed E-state index contributed by atoms with van der Waals surface area (Å²) in [6, 6.07) is 7.54. The zero-order valence-corrected chi connectivity index (χ0v) is 13.3. The minimum absolute atomic E-state index is 0.0240. The molecule has 1 aromatic carbocycles. The van der Waals surface area contributed by atoms with Crippen LogP contribution in [0.2, 0.25) is 0 Å². The Morgan fingerprint density at radius 2 is 2.22 bits per heavy atom. The molecule has 2 amide bonds. The van der Waals surface area contributed by atoms with Gasteiger partial charge in [-0.05, 0) is 31.2 Å². The molecule has 1 aliphatic rings. The predicted octanol–water partition coefficient (Wildman–Crippen LogP) is 2.23. The van der Waals surface area contributed by atoms with E-state index < -0.39 is 0 Å². The third kappa shape index (κ3) is 3.61. The third-order valence-corrected chi connectivity index (χ3v) is 3.70. The summed E-state index contributed by atoms with van der Waals surface area (Å²) >= 11 is 0. The van der Waals surface area contributed by atoms with Gasteiger partial charge < -0.3 is 19.5 Å². The van der Waals surface area contributed by atoms with E-state index in [1.54, 1.807) is 11.8 Å². The van der Waals surface area contributed by atoms with Gasteiger partial charge in [0.2, 0.25) is 11.7 Å². The smallest absolute Gasteiger partial charge is 0.317 e. The van der Waals surface area contributed by atoms with Crippen LogP contribution in [0.25, 0.3) is 11.4 Å². The van der Waals surface area contributed by atoms with Crippen LogP contribution >= 0.6 is 0 Å². The molecule has 1 saturated heterocycles. The first kappa shape index (κ1) is 15.3. The van der Waals surface area contributed by atoms with E-state index in [-0.39, 0.29) is 12.1 Å². The topological polar surface area (TPSA) is 80.5 Å². The van der Waals surface area contributed by atoms with Gasteiger partial charge >= 0.3 is 6.03 Å². The van der Waals surface area contributed by atoms with Gasteiger partial charge in [-0.1, -0.05) is 5.16 Å². The van der Waals surface area contributed by atoms with Crippen LogP contribution in [0.1, 0.15) is 19.2 Å². The Balaban J connectivity index is 1.58. The summed E-state index contributed by atoms with van der Waals surface area (Å²) in [6.45, 7) is 5.63. The zero-order chi connectivity index (χ0) is 16.2. The van der Waals surface area contributed by atoms with Crippen LogP contribution in [-0.2, 0) is 0 Å². The van der Waals surface area contributed by atoms with Crippen molar-refractivity contribution in [1.82, 2.24) is 20.4 Å².